The highest BCUT2D eigenvalue weighted by Gasteiger charge is 2.14. The number of nitro groups is 1. The second-order valence-electron chi connectivity index (χ2n) is 5.51. The first-order valence-electron chi connectivity index (χ1n) is 7.65. The molecule has 3 aromatic rings. The Morgan fingerprint density at radius 1 is 1.19 bits per heavy atom. The Hall–Kier alpha value is -3.26. The van der Waals surface area contributed by atoms with Crippen LogP contribution < -0.4 is 5.32 Å². The molecule has 0 unspecified atom stereocenters. The molecule has 3 rings (SSSR count). The van der Waals surface area contributed by atoms with Crippen LogP contribution in [0.3, 0.4) is 0 Å². The third-order valence-electron chi connectivity index (χ3n) is 3.70. The van der Waals surface area contributed by atoms with Gasteiger partial charge in [-0.2, -0.15) is 5.10 Å². The first-order chi connectivity index (χ1) is 12.5. The molecular weight excluding hydrogens is 358 g/mol. The van der Waals surface area contributed by atoms with Gasteiger partial charge in [0.1, 0.15) is 12.7 Å². The quantitative estimate of drug-likeness (QED) is 0.530. The number of aromatic nitrogens is 3. The van der Waals surface area contributed by atoms with E-state index < -0.39 is 10.8 Å². The van der Waals surface area contributed by atoms with Gasteiger partial charge in [-0.3, -0.25) is 14.9 Å². The van der Waals surface area contributed by atoms with Crippen molar-refractivity contribution in [3.05, 3.63) is 86.9 Å². The maximum absolute atomic E-state index is 12.2. The highest BCUT2D eigenvalue weighted by atomic mass is 35.5. The van der Waals surface area contributed by atoms with Gasteiger partial charge in [0, 0.05) is 18.7 Å². The predicted molar refractivity (Wildman–Crippen MR) is 94.8 cm³/mol. The zero-order valence-corrected chi connectivity index (χ0v) is 14.3. The number of carbonyl (C=O) groups is 1. The van der Waals surface area contributed by atoms with Gasteiger partial charge in [0.25, 0.3) is 11.6 Å². The van der Waals surface area contributed by atoms with Crippen LogP contribution in [0.5, 0.6) is 0 Å². The van der Waals surface area contributed by atoms with E-state index in [1.54, 1.807) is 11.0 Å². The molecule has 0 atom stereocenters. The van der Waals surface area contributed by atoms with Gasteiger partial charge in [0.15, 0.2) is 0 Å². The third kappa shape index (κ3) is 4.22. The molecule has 0 saturated carbocycles. The van der Waals surface area contributed by atoms with Gasteiger partial charge in [0.2, 0.25) is 0 Å². The summed E-state index contributed by atoms with van der Waals surface area (Å²) in [5.41, 5.74) is 2.01. The summed E-state index contributed by atoms with van der Waals surface area (Å²) in [5, 5.41) is 17.5. The van der Waals surface area contributed by atoms with E-state index in [-0.39, 0.29) is 16.3 Å². The maximum atomic E-state index is 12.2. The molecule has 0 spiro atoms. The average molecular weight is 372 g/mol. The van der Waals surface area contributed by atoms with E-state index in [2.05, 4.69) is 15.4 Å². The van der Waals surface area contributed by atoms with E-state index in [1.807, 2.05) is 24.3 Å². The van der Waals surface area contributed by atoms with Crippen LogP contribution in [0.25, 0.3) is 0 Å². The number of amides is 1. The lowest BCUT2D eigenvalue weighted by atomic mass is 10.1. The van der Waals surface area contributed by atoms with Gasteiger partial charge < -0.3 is 5.32 Å². The van der Waals surface area contributed by atoms with E-state index in [0.29, 0.717) is 13.1 Å². The highest BCUT2D eigenvalue weighted by Crippen LogP contribution is 2.22. The van der Waals surface area contributed by atoms with Crippen LogP contribution in [0.1, 0.15) is 21.5 Å². The Kier molecular flexibility index (Phi) is 5.23. The Labute approximate surface area is 153 Å². The molecule has 26 heavy (non-hydrogen) atoms. The fraction of sp³-hybridized carbons (Fsp3) is 0.118. The SMILES string of the molecule is O=C(NCc1ccc(Cn2cncn2)cc1)c1ccc([N+](=O)[O-])cc1Cl. The summed E-state index contributed by atoms with van der Waals surface area (Å²) in [5.74, 6) is -0.392. The van der Waals surface area contributed by atoms with Crippen molar-refractivity contribution < 1.29 is 9.72 Å². The van der Waals surface area contributed by atoms with Gasteiger partial charge >= 0.3 is 0 Å². The molecule has 0 bridgehead atoms. The van der Waals surface area contributed by atoms with Crippen molar-refractivity contribution in [2.75, 3.05) is 0 Å². The number of nitro benzene ring substituents is 1. The van der Waals surface area contributed by atoms with Crippen molar-refractivity contribution in [1.29, 1.82) is 0 Å². The minimum atomic E-state index is -0.561. The van der Waals surface area contributed by atoms with Gasteiger partial charge in [-0.05, 0) is 17.2 Å². The molecule has 8 nitrogen and oxygen atoms in total. The normalized spacial score (nSPS) is 10.5. The molecule has 1 aromatic heterocycles. The number of nitrogens with zero attached hydrogens (tertiary/aromatic N) is 4. The molecule has 0 aliphatic rings. The van der Waals surface area contributed by atoms with E-state index in [9.17, 15) is 14.9 Å². The van der Waals surface area contributed by atoms with Crippen molar-refractivity contribution in [1.82, 2.24) is 20.1 Å². The Morgan fingerprint density at radius 3 is 2.54 bits per heavy atom. The van der Waals surface area contributed by atoms with E-state index in [4.69, 9.17) is 11.6 Å². The molecule has 0 aliphatic carbocycles. The molecule has 1 heterocycles. The van der Waals surface area contributed by atoms with Gasteiger partial charge in [-0.1, -0.05) is 35.9 Å². The van der Waals surface area contributed by atoms with Crippen LogP contribution in [0.4, 0.5) is 5.69 Å². The summed E-state index contributed by atoms with van der Waals surface area (Å²) in [6.07, 6.45) is 3.12. The van der Waals surface area contributed by atoms with Crippen LogP contribution >= 0.6 is 11.6 Å². The summed E-state index contributed by atoms with van der Waals surface area (Å²) in [7, 11) is 0. The zero-order chi connectivity index (χ0) is 18.5. The molecule has 1 N–H and O–H groups in total. The number of halogens is 1. The second kappa shape index (κ2) is 7.75. The van der Waals surface area contributed by atoms with E-state index in [1.165, 1.54) is 18.5 Å². The Bertz CT molecular complexity index is 926. The van der Waals surface area contributed by atoms with Crippen LogP contribution in [0.15, 0.2) is 55.1 Å². The minimum absolute atomic E-state index is 0.0416. The predicted octanol–water partition coefficient (Wildman–Crippen LogP) is 2.82. The largest absolute Gasteiger partial charge is 0.348 e. The van der Waals surface area contributed by atoms with Gasteiger partial charge in [-0.15, -0.1) is 0 Å². The summed E-state index contributed by atoms with van der Waals surface area (Å²) in [6, 6.07) is 11.5. The van der Waals surface area contributed by atoms with Crippen LogP contribution in [0, 0.1) is 10.1 Å². The fourth-order valence-electron chi connectivity index (χ4n) is 2.34. The lowest BCUT2D eigenvalue weighted by molar-refractivity contribution is -0.384. The first kappa shape index (κ1) is 17.6. The number of rotatable bonds is 6. The van der Waals surface area contributed by atoms with Crippen molar-refractivity contribution in [2.45, 2.75) is 13.1 Å². The number of non-ortho nitro benzene ring substituents is 1. The van der Waals surface area contributed by atoms with Crippen molar-refractivity contribution in [2.24, 2.45) is 0 Å². The molecule has 0 fully saturated rings. The topological polar surface area (TPSA) is 103 Å². The van der Waals surface area contributed by atoms with Crippen molar-refractivity contribution in [3.8, 4) is 0 Å². The molecule has 0 saturated heterocycles. The summed E-state index contributed by atoms with van der Waals surface area (Å²) >= 11 is 5.96. The molecule has 2 aromatic carbocycles. The van der Waals surface area contributed by atoms with Crippen LogP contribution in [-0.4, -0.2) is 25.6 Å². The average Bonchev–Trinajstić information content (AvgIpc) is 3.13. The summed E-state index contributed by atoms with van der Waals surface area (Å²) < 4.78 is 1.72. The fourth-order valence-corrected chi connectivity index (χ4v) is 2.60. The molecule has 9 heteroatoms. The molecular formula is C17H14ClN5O3. The summed E-state index contributed by atoms with van der Waals surface area (Å²) in [6.45, 7) is 0.931. The molecule has 1 amide bonds. The Morgan fingerprint density at radius 2 is 1.92 bits per heavy atom. The number of carbonyl (C=O) groups excluding carboxylic acids is 1. The monoisotopic (exact) mass is 371 g/mol. The molecule has 0 aliphatic heterocycles. The molecule has 132 valence electrons. The van der Waals surface area contributed by atoms with Gasteiger partial charge in [0.05, 0.1) is 22.1 Å². The lowest BCUT2D eigenvalue weighted by Crippen LogP contribution is -2.23. The van der Waals surface area contributed by atoms with E-state index in [0.717, 1.165) is 17.2 Å². The number of hydrogen-bond acceptors (Lipinski definition) is 5. The standard InChI is InChI=1S/C17H14ClN5O3/c18-16-7-14(23(25)26)5-6-15(16)17(24)20-8-12-1-3-13(4-2-12)9-22-11-19-10-21-22/h1-7,10-11H,8-9H2,(H,20,24). The minimum Gasteiger partial charge on any atom is -0.348 e. The Balaban J connectivity index is 1.60. The number of nitrogens with one attached hydrogen (secondary N) is 1. The van der Waals surface area contributed by atoms with Crippen LogP contribution in [0.2, 0.25) is 5.02 Å². The van der Waals surface area contributed by atoms with Crippen molar-refractivity contribution >= 4 is 23.2 Å². The maximum Gasteiger partial charge on any atom is 0.270 e. The zero-order valence-electron chi connectivity index (χ0n) is 13.5. The summed E-state index contributed by atoms with van der Waals surface area (Å²) in [4.78, 5) is 26.3. The van der Waals surface area contributed by atoms with Crippen LogP contribution in [-0.2, 0) is 13.1 Å². The molecule has 0 radical (unpaired) electrons. The first-order valence-corrected chi connectivity index (χ1v) is 8.03. The van der Waals surface area contributed by atoms with Crippen molar-refractivity contribution in [3.63, 3.8) is 0 Å². The highest BCUT2D eigenvalue weighted by molar-refractivity contribution is 6.34. The number of benzene rings is 2. The second-order valence-corrected chi connectivity index (χ2v) is 5.92. The van der Waals surface area contributed by atoms with E-state index >= 15 is 0 Å². The van der Waals surface area contributed by atoms with Gasteiger partial charge in [-0.25, -0.2) is 9.67 Å². The lowest BCUT2D eigenvalue weighted by Gasteiger charge is -2.08. The smallest absolute Gasteiger partial charge is 0.270 e. The third-order valence-corrected chi connectivity index (χ3v) is 4.01. The number of hydrogen-bond donors (Lipinski definition) is 1.